The molecule has 6 nitrogen and oxygen atoms in total. The van der Waals surface area contributed by atoms with Crippen molar-refractivity contribution in [2.24, 2.45) is 0 Å². The van der Waals surface area contributed by atoms with E-state index in [9.17, 15) is 14.7 Å². The van der Waals surface area contributed by atoms with Gasteiger partial charge >= 0.3 is 11.9 Å². The SMILES string of the molecule is CCCOC(=O)C1CCCN1P(Oc1ccccc1)C(F)c1ccc2sc(C(=O)O)cc2c1. The van der Waals surface area contributed by atoms with Crippen molar-refractivity contribution in [1.29, 1.82) is 0 Å². The third-order valence-corrected chi connectivity index (χ3v) is 8.53. The molecule has 9 heteroatoms. The molecule has 1 N–H and O–H groups in total. The van der Waals surface area contributed by atoms with E-state index in [-0.39, 0.29) is 10.8 Å². The number of para-hydroxylation sites is 1. The normalized spacial score (nSPS) is 18.2. The van der Waals surface area contributed by atoms with E-state index in [1.807, 2.05) is 29.8 Å². The molecule has 0 saturated carbocycles. The number of carboxylic acid groups (broad SMARTS) is 1. The van der Waals surface area contributed by atoms with Gasteiger partial charge in [-0.05, 0) is 60.5 Å². The first-order valence-electron chi connectivity index (χ1n) is 10.8. The molecule has 2 heterocycles. The number of rotatable bonds is 9. The second kappa shape index (κ2) is 10.6. The summed E-state index contributed by atoms with van der Waals surface area (Å²) < 4.78 is 30.2. The van der Waals surface area contributed by atoms with Gasteiger partial charge < -0.3 is 14.4 Å². The van der Waals surface area contributed by atoms with E-state index >= 15 is 4.39 Å². The number of nitrogens with zero attached hydrogens (tertiary/aromatic N) is 1. The van der Waals surface area contributed by atoms with Crippen molar-refractivity contribution in [1.82, 2.24) is 4.67 Å². The molecule has 33 heavy (non-hydrogen) atoms. The smallest absolute Gasteiger partial charge is 0.345 e. The number of alkyl halides is 1. The molecule has 2 aromatic carbocycles. The lowest BCUT2D eigenvalue weighted by Gasteiger charge is -2.33. The zero-order valence-corrected chi connectivity index (χ0v) is 19.9. The Bertz CT molecular complexity index is 1120. The van der Waals surface area contributed by atoms with Crippen molar-refractivity contribution in [3.8, 4) is 5.75 Å². The number of fused-ring (bicyclic) bond motifs is 1. The van der Waals surface area contributed by atoms with Gasteiger partial charge in [-0.1, -0.05) is 31.2 Å². The van der Waals surface area contributed by atoms with Crippen LogP contribution in [0.25, 0.3) is 10.1 Å². The maximum atomic E-state index is 16.1. The van der Waals surface area contributed by atoms with Crippen molar-refractivity contribution in [3.63, 3.8) is 0 Å². The van der Waals surface area contributed by atoms with Crippen LogP contribution in [0.15, 0.2) is 54.6 Å². The Kier molecular flexibility index (Phi) is 7.58. The van der Waals surface area contributed by atoms with Gasteiger partial charge in [-0.2, -0.15) is 0 Å². The number of hydrogen-bond acceptors (Lipinski definition) is 6. The average molecular weight is 490 g/mol. The predicted molar refractivity (Wildman–Crippen MR) is 128 cm³/mol. The molecule has 174 valence electrons. The molecule has 1 aliphatic rings. The Morgan fingerprint density at radius 1 is 1.24 bits per heavy atom. The molecule has 0 aliphatic carbocycles. The number of ether oxygens (including phenoxy) is 1. The highest BCUT2D eigenvalue weighted by atomic mass is 32.1. The van der Waals surface area contributed by atoms with E-state index in [2.05, 4.69) is 0 Å². The van der Waals surface area contributed by atoms with Crippen molar-refractivity contribution < 1.29 is 28.3 Å². The highest BCUT2D eigenvalue weighted by molar-refractivity contribution is 7.50. The predicted octanol–water partition coefficient (Wildman–Crippen LogP) is 6.38. The molecule has 3 aromatic rings. The monoisotopic (exact) mass is 489 g/mol. The molecule has 0 radical (unpaired) electrons. The fourth-order valence-corrected chi connectivity index (χ4v) is 6.70. The van der Waals surface area contributed by atoms with Crippen LogP contribution in [0.3, 0.4) is 0 Å². The molecule has 1 fully saturated rings. The lowest BCUT2D eigenvalue weighted by Crippen LogP contribution is -2.35. The molecule has 4 rings (SSSR count). The van der Waals surface area contributed by atoms with Gasteiger partial charge in [0.25, 0.3) is 0 Å². The summed E-state index contributed by atoms with van der Waals surface area (Å²) in [5.74, 6) is -2.32. The van der Waals surface area contributed by atoms with Crippen molar-refractivity contribution in [2.45, 2.75) is 38.1 Å². The number of benzene rings is 2. The van der Waals surface area contributed by atoms with Crippen molar-refractivity contribution in [2.75, 3.05) is 13.2 Å². The number of esters is 1. The summed E-state index contributed by atoms with van der Waals surface area (Å²) >= 11 is 1.15. The zero-order valence-electron chi connectivity index (χ0n) is 18.1. The summed E-state index contributed by atoms with van der Waals surface area (Å²) in [5, 5.41) is 9.95. The number of thiophene rings is 1. The van der Waals surface area contributed by atoms with Gasteiger partial charge in [-0.15, -0.1) is 11.3 Å². The van der Waals surface area contributed by atoms with E-state index in [0.717, 1.165) is 28.9 Å². The number of carboxylic acids is 1. The van der Waals surface area contributed by atoms with Crippen LogP contribution < -0.4 is 4.52 Å². The van der Waals surface area contributed by atoms with Crippen LogP contribution in [0.5, 0.6) is 5.75 Å². The highest BCUT2D eigenvalue weighted by Crippen LogP contribution is 2.58. The summed E-state index contributed by atoms with van der Waals surface area (Å²) in [5.41, 5.74) is 0.395. The molecule has 1 aromatic heterocycles. The number of halogens is 1. The van der Waals surface area contributed by atoms with Crippen LogP contribution in [0.4, 0.5) is 4.39 Å². The lowest BCUT2D eigenvalue weighted by atomic mass is 10.2. The van der Waals surface area contributed by atoms with Gasteiger partial charge in [0.05, 0.1) is 6.61 Å². The second-order valence-electron chi connectivity index (χ2n) is 7.74. The van der Waals surface area contributed by atoms with Gasteiger partial charge in [0.1, 0.15) is 16.7 Å². The minimum Gasteiger partial charge on any atom is -0.477 e. The van der Waals surface area contributed by atoms with Crippen LogP contribution in [0.2, 0.25) is 0 Å². The third-order valence-electron chi connectivity index (χ3n) is 5.36. The third kappa shape index (κ3) is 5.35. The molecule has 0 spiro atoms. The molecular weight excluding hydrogens is 464 g/mol. The molecule has 0 amide bonds. The molecule has 1 saturated heterocycles. The topological polar surface area (TPSA) is 76.1 Å². The van der Waals surface area contributed by atoms with Crippen molar-refractivity contribution in [3.05, 3.63) is 65.0 Å². The Hall–Kier alpha value is -2.54. The molecule has 3 unspecified atom stereocenters. The minimum absolute atomic E-state index is 0.207. The van der Waals surface area contributed by atoms with Crippen LogP contribution in [0.1, 0.15) is 47.3 Å². The van der Waals surface area contributed by atoms with Crippen molar-refractivity contribution >= 4 is 41.7 Å². The van der Waals surface area contributed by atoms with Crippen LogP contribution in [-0.2, 0) is 9.53 Å². The Morgan fingerprint density at radius 3 is 2.76 bits per heavy atom. The van der Waals surface area contributed by atoms with Crippen LogP contribution in [-0.4, -0.2) is 40.9 Å². The standard InChI is InChI=1S/C24H25FNO5PS/c1-2-13-30-24(29)19-9-6-12-26(19)32(31-18-7-4-3-5-8-18)22(25)16-10-11-20-17(14-16)15-21(33-20)23(27)28/h3-5,7-8,10-11,14-15,19,22H,2,6,9,12-13H2,1H3,(H,27,28). The summed E-state index contributed by atoms with van der Waals surface area (Å²) in [4.78, 5) is 24.2. The summed E-state index contributed by atoms with van der Waals surface area (Å²) in [6, 6.07) is 15.1. The fraction of sp³-hybridized carbons (Fsp3) is 0.333. The minimum atomic E-state index is -1.87. The zero-order chi connectivity index (χ0) is 23.4. The molecule has 0 bridgehead atoms. The average Bonchev–Trinajstić information content (AvgIpc) is 3.48. The first kappa shape index (κ1) is 23.6. The quantitative estimate of drug-likeness (QED) is 0.278. The van der Waals surface area contributed by atoms with E-state index in [4.69, 9.17) is 9.26 Å². The molecular formula is C24H25FNO5PS. The van der Waals surface area contributed by atoms with E-state index < -0.39 is 26.2 Å². The summed E-state index contributed by atoms with van der Waals surface area (Å²) in [7, 11) is -1.87. The summed E-state index contributed by atoms with van der Waals surface area (Å²) in [6.45, 7) is 2.80. The lowest BCUT2D eigenvalue weighted by molar-refractivity contribution is -0.147. The van der Waals surface area contributed by atoms with Crippen LogP contribution >= 0.6 is 19.6 Å². The van der Waals surface area contributed by atoms with Crippen LogP contribution in [0, 0.1) is 0 Å². The van der Waals surface area contributed by atoms with E-state index in [1.54, 1.807) is 36.4 Å². The molecule has 3 atom stereocenters. The number of carbonyl (C=O) groups excluding carboxylic acids is 1. The highest BCUT2D eigenvalue weighted by Gasteiger charge is 2.43. The fourth-order valence-electron chi connectivity index (χ4n) is 3.79. The largest absolute Gasteiger partial charge is 0.477 e. The molecule has 1 aliphatic heterocycles. The number of hydrogen-bond donors (Lipinski definition) is 1. The number of carbonyl (C=O) groups is 2. The Morgan fingerprint density at radius 2 is 2.03 bits per heavy atom. The van der Waals surface area contributed by atoms with Gasteiger partial charge in [0, 0.05) is 11.2 Å². The first-order chi connectivity index (χ1) is 16.0. The Balaban J connectivity index is 1.66. The van der Waals surface area contributed by atoms with Gasteiger partial charge in [0.2, 0.25) is 8.30 Å². The first-order valence-corrected chi connectivity index (χ1v) is 12.9. The second-order valence-corrected chi connectivity index (χ2v) is 10.6. The maximum absolute atomic E-state index is 16.1. The number of aromatic carboxylic acids is 1. The Labute approximate surface area is 196 Å². The maximum Gasteiger partial charge on any atom is 0.345 e. The van der Waals surface area contributed by atoms with Gasteiger partial charge in [0.15, 0.2) is 5.91 Å². The van der Waals surface area contributed by atoms with Gasteiger partial charge in [-0.3, -0.25) is 4.79 Å². The summed E-state index contributed by atoms with van der Waals surface area (Å²) in [6.07, 6.45) is 2.07. The van der Waals surface area contributed by atoms with E-state index in [0.29, 0.717) is 36.3 Å². The van der Waals surface area contributed by atoms with E-state index in [1.165, 1.54) is 0 Å². The van der Waals surface area contributed by atoms with Gasteiger partial charge in [-0.25, -0.2) is 13.9 Å².